The van der Waals surface area contributed by atoms with Gasteiger partial charge in [0, 0.05) is 22.0 Å². The van der Waals surface area contributed by atoms with Crippen molar-refractivity contribution in [3.63, 3.8) is 0 Å². The molecule has 7 nitrogen and oxygen atoms in total. The molecule has 39 heavy (non-hydrogen) atoms. The Balaban J connectivity index is 1.73. The zero-order chi connectivity index (χ0) is 28.4. The van der Waals surface area contributed by atoms with E-state index in [-0.39, 0.29) is 30.9 Å². The van der Waals surface area contributed by atoms with Crippen molar-refractivity contribution in [2.45, 2.75) is 74.0 Å². The van der Waals surface area contributed by atoms with Crippen molar-refractivity contribution in [3.8, 4) is 0 Å². The maximum atomic E-state index is 14.5. The molecule has 4 rings (SSSR count). The van der Waals surface area contributed by atoms with Gasteiger partial charge in [-0.05, 0) is 69.7 Å². The fourth-order valence-electron chi connectivity index (χ4n) is 6.68. The Morgan fingerprint density at radius 2 is 1.97 bits per heavy atom. The molecule has 0 aliphatic carbocycles. The summed E-state index contributed by atoms with van der Waals surface area (Å²) in [4.78, 5) is 45.5. The molecule has 3 aliphatic heterocycles. The molecular formula is C30H39ClN2O5S. The maximum Gasteiger partial charge on any atom is 0.311 e. The van der Waals surface area contributed by atoms with Crippen LogP contribution in [0.5, 0.6) is 0 Å². The predicted octanol–water partition coefficient (Wildman–Crippen LogP) is 5.01. The van der Waals surface area contributed by atoms with Crippen molar-refractivity contribution in [1.82, 2.24) is 4.90 Å². The van der Waals surface area contributed by atoms with E-state index in [9.17, 15) is 19.5 Å². The normalized spacial score (nSPS) is 29.7. The van der Waals surface area contributed by atoms with Crippen LogP contribution in [0.25, 0.3) is 0 Å². The van der Waals surface area contributed by atoms with Crippen LogP contribution in [0.3, 0.4) is 0 Å². The van der Waals surface area contributed by atoms with Gasteiger partial charge in [0.25, 0.3) is 5.91 Å². The number of carbonyl (C=O) groups is 3. The number of carbonyl (C=O) groups excluding carboxylic acids is 3. The number of amides is 2. The van der Waals surface area contributed by atoms with E-state index in [2.05, 4.69) is 13.2 Å². The lowest BCUT2D eigenvalue weighted by molar-refractivity contribution is -0.156. The number of allylic oxidation sites excluding steroid dienone is 1. The van der Waals surface area contributed by atoms with Crippen LogP contribution in [0.15, 0.2) is 49.6 Å². The zero-order valence-corrected chi connectivity index (χ0v) is 24.4. The van der Waals surface area contributed by atoms with Gasteiger partial charge in [0.2, 0.25) is 5.91 Å². The number of fused-ring (bicyclic) bond motifs is 1. The number of ether oxygens (including phenoxy) is 1. The van der Waals surface area contributed by atoms with Crippen molar-refractivity contribution in [3.05, 3.63) is 54.6 Å². The molecule has 3 fully saturated rings. The summed E-state index contributed by atoms with van der Waals surface area (Å²) >= 11 is 7.71. The van der Waals surface area contributed by atoms with Gasteiger partial charge in [-0.15, -0.1) is 24.9 Å². The molecule has 1 aromatic rings. The Bertz CT molecular complexity index is 1110. The summed E-state index contributed by atoms with van der Waals surface area (Å²) in [5.74, 6) is -2.19. The lowest BCUT2D eigenvalue weighted by Gasteiger charge is -2.39. The summed E-state index contributed by atoms with van der Waals surface area (Å²) < 4.78 is 4.43. The number of unbranched alkanes of at least 4 members (excludes halogenated alkanes) is 2. The summed E-state index contributed by atoms with van der Waals surface area (Å²) in [6, 6.07) is 5.62. The first-order valence-corrected chi connectivity index (χ1v) is 15.0. The molecule has 1 aromatic carbocycles. The number of benzene rings is 1. The van der Waals surface area contributed by atoms with Crippen molar-refractivity contribution >= 4 is 46.8 Å². The van der Waals surface area contributed by atoms with E-state index in [1.54, 1.807) is 51.9 Å². The van der Waals surface area contributed by atoms with Crippen LogP contribution in [-0.2, 0) is 19.1 Å². The number of anilines is 1. The molecule has 0 aromatic heterocycles. The first kappa shape index (κ1) is 29.7. The number of halogens is 1. The van der Waals surface area contributed by atoms with Crippen LogP contribution in [0.1, 0.15) is 52.4 Å². The van der Waals surface area contributed by atoms with E-state index in [1.165, 1.54) is 0 Å². The van der Waals surface area contributed by atoms with Gasteiger partial charge in [0.1, 0.15) is 6.04 Å². The highest BCUT2D eigenvalue weighted by atomic mass is 35.5. The third-order valence-corrected chi connectivity index (χ3v) is 10.8. The van der Waals surface area contributed by atoms with Crippen molar-refractivity contribution < 1.29 is 24.2 Å². The summed E-state index contributed by atoms with van der Waals surface area (Å²) in [5, 5.41) is 10.8. The third kappa shape index (κ3) is 5.16. The average Bonchev–Trinajstić information content (AvgIpc) is 3.49. The number of esters is 1. The lowest BCUT2D eigenvalue weighted by atomic mass is 9.66. The number of aliphatic hydroxyl groups is 1. The van der Waals surface area contributed by atoms with Crippen LogP contribution in [0.4, 0.5) is 5.69 Å². The van der Waals surface area contributed by atoms with Crippen LogP contribution in [-0.4, -0.2) is 69.1 Å². The number of nitrogens with zero attached hydrogens (tertiary/aromatic N) is 2. The molecule has 6 atom stereocenters. The molecule has 2 unspecified atom stereocenters. The summed E-state index contributed by atoms with van der Waals surface area (Å²) in [6.07, 6.45) is 7.77. The van der Waals surface area contributed by atoms with Crippen LogP contribution >= 0.6 is 23.4 Å². The summed E-state index contributed by atoms with van der Waals surface area (Å²) in [6.45, 7) is 11.8. The van der Waals surface area contributed by atoms with Gasteiger partial charge >= 0.3 is 5.97 Å². The summed E-state index contributed by atoms with van der Waals surface area (Å²) in [7, 11) is 0. The molecule has 1 N–H and O–H groups in total. The molecule has 1 spiro atoms. The Hall–Kier alpha value is -2.29. The third-order valence-electron chi connectivity index (χ3n) is 8.54. The largest absolute Gasteiger partial charge is 0.465 e. The van der Waals surface area contributed by atoms with Crippen LogP contribution < -0.4 is 4.90 Å². The van der Waals surface area contributed by atoms with E-state index in [0.717, 1.165) is 19.3 Å². The minimum Gasteiger partial charge on any atom is -0.465 e. The van der Waals surface area contributed by atoms with Crippen molar-refractivity contribution in [2.75, 3.05) is 24.7 Å². The highest BCUT2D eigenvalue weighted by Crippen LogP contribution is 2.71. The Morgan fingerprint density at radius 1 is 1.26 bits per heavy atom. The van der Waals surface area contributed by atoms with Gasteiger partial charge in [-0.3, -0.25) is 14.4 Å². The first-order chi connectivity index (χ1) is 18.7. The number of rotatable bonds is 13. The Labute approximate surface area is 240 Å². The molecular weight excluding hydrogens is 536 g/mol. The fourth-order valence-corrected chi connectivity index (χ4v) is 9.13. The molecule has 2 bridgehead atoms. The van der Waals surface area contributed by atoms with Gasteiger partial charge < -0.3 is 19.6 Å². The monoisotopic (exact) mass is 574 g/mol. The Kier molecular flexibility index (Phi) is 9.19. The summed E-state index contributed by atoms with van der Waals surface area (Å²) in [5.41, 5.74) is 0.646. The second-order valence-corrected chi connectivity index (χ2v) is 13.2. The highest BCUT2D eigenvalue weighted by Gasteiger charge is 2.78. The zero-order valence-electron chi connectivity index (χ0n) is 22.8. The van der Waals surface area contributed by atoms with Gasteiger partial charge in [-0.25, -0.2) is 0 Å². The molecule has 0 saturated carbocycles. The molecule has 212 valence electrons. The van der Waals surface area contributed by atoms with Crippen molar-refractivity contribution in [2.24, 2.45) is 11.8 Å². The lowest BCUT2D eigenvalue weighted by Crippen LogP contribution is -2.57. The van der Waals surface area contributed by atoms with Gasteiger partial charge in [-0.1, -0.05) is 30.7 Å². The Morgan fingerprint density at radius 3 is 2.59 bits per heavy atom. The number of aliphatic hydroxyl groups excluding tert-OH is 1. The van der Waals surface area contributed by atoms with E-state index < -0.39 is 33.4 Å². The van der Waals surface area contributed by atoms with Gasteiger partial charge in [-0.2, -0.15) is 0 Å². The van der Waals surface area contributed by atoms with E-state index in [0.29, 0.717) is 36.6 Å². The smallest absolute Gasteiger partial charge is 0.311 e. The quantitative estimate of drug-likeness (QED) is 0.202. The minimum atomic E-state index is -0.833. The van der Waals surface area contributed by atoms with Crippen LogP contribution in [0, 0.1) is 11.8 Å². The fraction of sp³-hybridized carbons (Fsp3) is 0.567. The second kappa shape index (κ2) is 12.1. The maximum absolute atomic E-state index is 14.5. The van der Waals surface area contributed by atoms with E-state index in [4.69, 9.17) is 16.3 Å². The minimum absolute atomic E-state index is 0.241. The number of hydrogen-bond donors (Lipinski definition) is 1. The molecule has 0 radical (unpaired) electrons. The molecule has 9 heteroatoms. The SMILES string of the molecule is C=CCCCCOC(=O)[C@@H]1[C@H]2C(=O)N([C@@H](CC)CO)C(C(=O)N(CC=C)c3ccc(Cl)cc3)C23CC[C@@]1(C)S3. The number of hydrogen-bond acceptors (Lipinski definition) is 6. The first-order valence-electron chi connectivity index (χ1n) is 13.8. The van der Waals surface area contributed by atoms with Gasteiger partial charge in [0.05, 0.1) is 35.8 Å². The predicted molar refractivity (Wildman–Crippen MR) is 156 cm³/mol. The van der Waals surface area contributed by atoms with Crippen LogP contribution in [0.2, 0.25) is 5.02 Å². The average molecular weight is 575 g/mol. The second-order valence-electron chi connectivity index (χ2n) is 10.9. The number of thioether (sulfide) groups is 1. The van der Waals surface area contributed by atoms with E-state index in [1.807, 2.05) is 19.9 Å². The van der Waals surface area contributed by atoms with Gasteiger partial charge in [0.15, 0.2) is 0 Å². The number of likely N-dealkylation sites (tertiary alicyclic amines) is 1. The van der Waals surface area contributed by atoms with E-state index >= 15 is 0 Å². The topological polar surface area (TPSA) is 87.1 Å². The van der Waals surface area contributed by atoms with Crippen molar-refractivity contribution in [1.29, 1.82) is 0 Å². The molecule has 3 aliphatic rings. The highest BCUT2D eigenvalue weighted by molar-refractivity contribution is 8.02. The standard InChI is InChI=1S/C30H39ClN2O5S/c1-5-8-9-10-18-38-28(37)24-23-26(35)33(21(7-3)19-34)25(30(23)16-15-29(24,4)39-30)27(36)32(17-6-2)22-13-11-20(31)12-14-22/h5-6,11-14,21,23-25,34H,1-2,7-10,15-19H2,3-4H3/t21-,23-,24-,25?,29+,30?/m0/s1. The molecule has 3 saturated heterocycles. The molecule has 2 amide bonds. The molecule has 3 heterocycles.